The highest BCUT2D eigenvalue weighted by atomic mass is 32.2. The van der Waals surface area contributed by atoms with E-state index in [9.17, 15) is 8.42 Å². The zero-order chi connectivity index (χ0) is 14.6. The zero-order valence-corrected chi connectivity index (χ0v) is 13.9. The van der Waals surface area contributed by atoms with Crippen molar-refractivity contribution in [3.8, 4) is 0 Å². The van der Waals surface area contributed by atoms with Crippen LogP contribution in [0.5, 0.6) is 0 Å². The van der Waals surface area contributed by atoms with E-state index < -0.39 is 10.0 Å². The van der Waals surface area contributed by atoms with E-state index in [1.165, 1.54) is 24.2 Å². The van der Waals surface area contributed by atoms with Crippen molar-refractivity contribution >= 4 is 21.4 Å². The Balaban J connectivity index is 2.09. The topological polar surface area (TPSA) is 58.2 Å². The summed E-state index contributed by atoms with van der Waals surface area (Å²) in [5.74, 6) is 0. The molecule has 0 saturated heterocycles. The third kappa shape index (κ3) is 3.42. The predicted octanol–water partition coefficient (Wildman–Crippen LogP) is 2.72. The lowest BCUT2D eigenvalue weighted by Gasteiger charge is -2.27. The van der Waals surface area contributed by atoms with Crippen LogP contribution in [0.25, 0.3) is 0 Å². The highest BCUT2D eigenvalue weighted by molar-refractivity contribution is 7.89. The molecule has 2 rings (SSSR count). The summed E-state index contributed by atoms with van der Waals surface area (Å²) >= 11 is 1.48. The van der Waals surface area contributed by atoms with Crippen LogP contribution in [0.3, 0.4) is 0 Å². The second kappa shape index (κ2) is 6.56. The van der Waals surface area contributed by atoms with E-state index in [1.54, 1.807) is 6.07 Å². The van der Waals surface area contributed by atoms with Gasteiger partial charge in [0.05, 0.1) is 4.90 Å². The van der Waals surface area contributed by atoms with Gasteiger partial charge < -0.3 is 5.32 Å². The van der Waals surface area contributed by atoms with E-state index in [2.05, 4.69) is 17.0 Å². The van der Waals surface area contributed by atoms with Gasteiger partial charge in [-0.25, -0.2) is 13.1 Å². The molecule has 1 aliphatic carbocycles. The molecule has 4 nitrogen and oxygen atoms in total. The van der Waals surface area contributed by atoms with E-state index in [4.69, 9.17) is 0 Å². The lowest BCUT2D eigenvalue weighted by molar-refractivity contribution is 0.285. The first-order valence-corrected chi connectivity index (χ1v) is 9.60. The molecule has 20 heavy (non-hydrogen) atoms. The minimum Gasteiger partial charge on any atom is -0.315 e. The molecule has 0 spiro atoms. The molecule has 2 N–H and O–H groups in total. The maximum absolute atomic E-state index is 12.5. The SMILES string of the molecule is CCC1(CNS(=O)(=O)c2ccsc2CNC)CCCC1. The first kappa shape index (κ1) is 15.9. The van der Waals surface area contributed by atoms with E-state index >= 15 is 0 Å². The van der Waals surface area contributed by atoms with Crippen LogP contribution in [0.1, 0.15) is 43.9 Å². The Bertz CT molecular complexity index is 531. The second-order valence-electron chi connectivity index (χ2n) is 5.62. The smallest absolute Gasteiger partial charge is 0.241 e. The van der Waals surface area contributed by atoms with Gasteiger partial charge in [-0.15, -0.1) is 11.3 Å². The van der Waals surface area contributed by atoms with E-state index in [-0.39, 0.29) is 5.41 Å². The van der Waals surface area contributed by atoms with Crippen molar-refractivity contribution in [3.63, 3.8) is 0 Å². The minimum absolute atomic E-state index is 0.173. The molecule has 1 heterocycles. The maximum atomic E-state index is 12.5. The lowest BCUT2D eigenvalue weighted by atomic mass is 9.84. The van der Waals surface area contributed by atoms with Gasteiger partial charge in [-0.05, 0) is 43.2 Å². The van der Waals surface area contributed by atoms with Gasteiger partial charge in [0.25, 0.3) is 0 Å². The van der Waals surface area contributed by atoms with Crippen molar-refractivity contribution in [1.29, 1.82) is 0 Å². The standard InChI is InChI=1S/C14H24N2O2S2/c1-3-14(7-4-5-8-14)11-16-20(17,18)13-6-9-19-12(13)10-15-2/h6,9,15-16H,3-5,7-8,10-11H2,1-2H3. The van der Waals surface area contributed by atoms with Crippen molar-refractivity contribution in [2.75, 3.05) is 13.6 Å². The molecular formula is C14H24N2O2S2. The molecule has 0 atom stereocenters. The fraction of sp³-hybridized carbons (Fsp3) is 0.714. The van der Waals surface area contributed by atoms with Gasteiger partial charge in [-0.3, -0.25) is 0 Å². The normalized spacial score (nSPS) is 18.5. The molecule has 6 heteroatoms. The van der Waals surface area contributed by atoms with Crippen LogP contribution in [0.4, 0.5) is 0 Å². The van der Waals surface area contributed by atoms with Crippen LogP contribution in [0, 0.1) is 5.41 Å². The number of hydrogen-bond donors (Lipinski definition) is 2. The molecule has 0 bridgehead atoms. The van der Waals surface area contributed by atoms with Gasteiger partial charge in [0, 0.05) is 18.0 Å². The first-order valence-electron chi connectivity index (χ1n) is 7.24. The highest BCUT2D eigenvalue weighted by Gasteiger charge is 2.33. The molecule has 1 fully saturated rings. The van der Waals surface area contributed by atoms with Gasteiger partial charge in [0.1, 0.15) is 0 Å². The number of nitrogens with one attached hydrogen (secondary N) is 2. The van der Waals surface area contributed by atoms with Crippen LogP contribution < -0.4 is 10.0 Å². The summed E-state index contributed by atoms with van der Waals surface area (Å²) in [5.41, 5.74) is 0.173. The highest BCUT2D eigenvalue weighted by Crippen LogP contribution is 2.40. The van der Waals surface area contributed by atoms with Crippen molar-refractivity contribution in [3.05, 3.63) is 16.3 Å². The van der Waals surface area contributed by atoms with Crippen LogP contribution >= 0.6 is 11.3 Å². The molecule has 114 valence electrons. The molecular weight excluding hydrogens is 292 g/mol. The molecule has 1 aromatic heterocycles. The number of thiophene rings is 1. The van der Waals surface area contributed by atoms with Crippen molar-refractivity contribution < 1.29 is 8.42 Å². The third-order valence-electron chi connectivity index (χ3n) is 4.38. The summed E-state index contributed by atoms with van der Waals surface area (Å²) in [6.07, 6.45) is 5.76. The van der Waals surface area contributed by atoms with Crippen molar-refractivity contribution in [2.45, 2.75) is 50.5 Å². The first-order chi connectivity index (χ1) is 9.53. The molecule has 0 aromatic carbocycles. The summed E-state index contributed by atoms with van der Waals surface area (Å²) < 4.78 is 27.8. The van der Waals surface area contributed by atoms with E-state index in [0.29, 0.717) is 18.0 Å². The molecule has 1 aromatic rings. The maximum Gasteiger partial charge on any atom is 0.241 e. The van der Waals surface area contributed by atoms with Crippen molar-refractivity contribution in [1.82, 2.24) is 10.0 Å². The average Bonchev–Trinajstić information content (AvgIpc) is 3.07. The third-order valence-corrected chi connectivity index (χ3v) is 6.92. The summed E-state index contributed by atoms with van der Waals surface area (Å²) in [7, 11) is -1.56. The lowest BCUT2D eigenvalue weighted by Crippen LogP contribution is -2.35. The molecule has 0 unspecified atom stereocenters. The predicted molar refractivity (Wildman–Crippen MR) is 83.5 cm³/mol. The van der Waals surface area contributed by atoms with Gasteiger partial charge in [0.15, 0.2) is 0 Å². The summed E-state index contributed by atoms with van der Waals surface area (Å²) in [6, 6.07) is 1.70. The van der Waals surface area contributed by atoms with Crippen LogP contribution in [0.2, 0.25) is 0 Å². The zero-order valence-electron chi connectivity index (χ0n) is 12.2. The van der Waals surface area contributed by atoms with Gasteiger partial charge in [-0.2, -0.15) is 0 Å². The monoisotopic (exact) mass is 316 g/mol. The fourth-order valence-corrected chi connectivity index (χ4v) is 5.57. The van der Waals surface area contributed by atoms with E-state index in [0.717, 1.165) is 24.1 Å². The number of sulfonamides is 1. The molecule has 0 radical (unpaired) electrons. The van der Waals surface area contributed by atoms with Crippen LogP contribution in [0.15, 0.2) is 16.3 Å². The minimum atomic E-state index is -3.39. The van der Waals surface area contributed by atoms with Gasteiger partial charge >= 0.3 is 0 Å². The van der Waals surface area contributed by atoms with Crippen molar-refractivity contribution in [2.24, 2.45) is 5.41 Å². The Morgan fingerprint density at radius 3 is 2.65 bits per heavy atom. The Morgan fingerprint density at radius 2 is 2.05 bits per heavy atom. The van der Waals surface area contributed by atoms with E-state index in [1.807, 2.05) is 12.4 Å². The molecule has 0 aliphatic heterocycles. The summed E-state index contributed by atoms with van der Waals surface area (Å²) in [6.45, 7) is 3.32. The Hall–Kier alpha value is -0.430. The fourth-order valence-electron chi connectivity index (χ4n) is 2.96. The average molecular weight is 316 g/mol. The Labute approximate surface area is 126 Å². The van der Waals surface area contributed by atoms with Crippen LogP contribution in [-0.2, 0) is 16.6 Å². The molecule has 0 amide bonds. The quantitative estimate of drug-likeness (QED) is 0.813. The van der Waals surface area contributed by atoms with Crippen LogP contribution in [-0.4, -0.2) is 22.0 Å². The number of rotatable bonds is 7. The molecule has 1 saturated carbocycles. The summed E-state index contributed by atoms with van der Waals surface area (Å²) in [4.78, 5) is 1.30. The number of hydrogen-bond acceptors (Lipinski definition) is 4. The summed E-state index contributed by atoms with van der Waals surface area (Å²) in [5, 5.41) is 4.86. The largest absolute Gasteiger partial charge is 0.315 e. The van der Waals surface area contributed by atoms with Gasteiger partial charge in [-0.1, -0.05) is 19.8 Å². The Morgan fingerprint density at radius 1 is 1.35 bits per heavy atom. The van der Waals surface area contributed by atoms with Gasteiger partial charge in [0.2, 0.25) is 10.0 Å². The Kier molecular flexibility index (Phi) is 5.23. The molecule has 1 aliphatic rings. The second-order valence-corrected chi connectivity index (χ2v) is 8.36.